The summed E-state index contributed by atoms with van der Waals surface area (Å²) in [6.07, 6.45) is -2.87. The minimum Gasteiger partial charge on any atom is -0.338 e. The maximum Gasteiger partial charge on any atom is 0.416 e. The van der Waals surface area contributed by atoms with E-state index in [-0.39, 0.29) is 34.6 Å². The Morgan fingerprint density at radius 3 is 2.08 bits per heavy atom. The van der Waals surface area contributed by atoms with Crippen LogP contribution in [-0.2, 0) is 12.4 Å². The number of rotatable bonds is 4. The van der Waals surface area contributed by atoms with Crippen LogP contribution in [0.5, 0.6) is 0 Å². The van der Waals surface area contributed by atoms with E-state index in [4.69, 9.17) is 0 Å². The monoisotopic (exact) mass is 541 g/mol. The average Bonchev–Trinajstić information content (AvgIpc) is 3.43. The Bertz CT molecular complexity index is 1450. The SMILES string of the molecule is O=C(c1ccc(-c2cc(C(F)(F)F)cc(C(F)(F)F)c2)c(-c2ccncc2)c1)N1CCC(c2cccnc2)C1. The number of halogens is 6. The van der Waals surface area contributed by atoms with Gasteiger partial charge in [-0.05, 0) is 82.8 Å². The van der Waals surface area contributed by atoms with Crippen molar-refractivity contribution < 1.29 is 31.1 Å². The van der Waals surface area contributed by atoms with Crippen molar-refractivity contribution in [2.24, 2.45) is 0 Å². The van der Waals surface area contributed by atoms with Crippen LogP contribution < -0.4 is 0 Å². The fourth-order valence-corrected chi connectivity index (χ4v) is 4.83. The maximum atomic E-state index is 13.5. The zero-order chi connectivity index (χ0) is 27.8. The lowest BCUT2D eigenvalue weighted by Crippen LogP contribution is -2.28. The quantitative estimate of drug-likeness (QED) is 0.252. The molecular weight excluding hydrogens is 520 g/mol. The molecule has 2 aromatic carbocycles. The van der Waals surface area contributed by atoms with Crippen molar-refractivity contribution in [1.82, 2.24) is 14.9 Å². The lowest BCUT2D eigenvalue weighted by Gasteiger charge is -2.19. The van der Waals surface area contributed by atoms with Crippen LogP contribution in [0.25, 0.3) is 22.3 Å². The lowest BCUT2D eigenvalue weighted by molar-refractivity contribution is -0.143. The van der Waals surface area contributed by atoms with Crippen molar-refractivity contribution in [1.29, 1.82) is 0 Å². The van der Waals surface area contributed by atoms with Gasteiger partial charge in [0.15, 0.2) is 0 Å². The number of carbonyl (C=O) groups excluding carboxylic acids is 1. The first-order valence-electron chi connectivity index (χ1n) is 12.0. The largest absolute Gasteiger partial charge is 0.416 e. The molecule has 0 saturated carbocycles. The van der Waals surface area contributed by atoms with Gasteiger partial charge in [-0.2, -0.15) is 26.3 Å². The minimum atomic E-state index is -4.98. The van der Waals surface area contributed by atoms with E-state index in [0.29, 0.717) is 36.3 Å². The van der Waals surface area contributed by atoms with Crippen LogP contribution in [0.1, 0.15) is 39.4 Å². The Labute approximate surface area is 220 Å². The number of aromatic nitrogens is 2. The summed E-state index contributed by atoms with van der Waals surface area (Å²) >= 11 is 0. The van der Waals surface area contributed by atoms with Gasteiger partial charge in [0.25, 0.3) is 5.91 Å². The molecule has 2 aromatic heterocycles. The van der Waals surface area contributed by atoms with Crippen molar-refractivity contribution in [2.45, 2.75) is 24.7 Å². The van der Waals surface area contributed by atoms with E-state index in [1.54, 1.807) is 29.4 Å². The summed E-state index contributed by atoms with van der Waals surface area (Å²) in [5.41, 5.74) is -0.844. The molecule has 39 heavy (non-hydrogen) atoms. The fourth-order valence-electron chi connectivity index (χ4n) is 4.83. The molecule has 3 heterocycles. The Morgan fingerprint density at radius 2 is 1.46 bits per heavy atom. The van der Waals surface area contributed by atoms with Crippen LogP contribution in [0.3, 0.4) is 0 Å². The topological polar surface area (TPSA) is 46.1 Å². The third-order valence-electron chi connectivity index (χ3n) is 6.79. The molecule has 5 rings (SSSR count). The van der Waals surface area contributed by atoms with Gasteiger partial charge in [-0.1, -0.05) is 12.1 Å². The van der Waals surface area contributed by atoms with E-state index in [0.717, 1.165) is 12.0 Å². The molecule has 0 bridgehead atoms. The second-order valence-corrected chi connectivity index (χ2v) is 9.31. The van der Waals surface area contributed by atoms with Crippen LogP contribution in [0, 0.1) is 0 Å². The van der Waals surface area contributed by atoms with Crippen LogP contribution in [0.15, 0.2) is 85.5 Å². The molecule has 0 aliphatic carbocycles. The molecule has 10 heteroatoms. The van der Waals surface area contributed by atoms with Crippen LogP contribution in [0.2, 0.25) is 0 Å². The third-order valence-corrected chi connectivity index (χ3v) is 6.79. The number of alkyl halides is 6. The summed E-state index contributed by atoms with van der Waals surface area (Å²) in [6.45, 7) is 0.979. The Morgan fingerprint density at radius 1 is 0.769 bits per heavy atom. The number of pyridine rings is 2. The van der Waals surface area contributed by atoms with Gasteiger partial charge in [-0.25, -0.2) is 0 Å². The van der Waals surface area contributed by atoms with Gasteiger partial charge in [0, 0.05) is 49.4 Å². The number of carbonyl (C=O) groups is 1. The molecule has 1 atom stereocenters. The van der Waals surface area contributed by atoms with Crippen LogP contribution >= 0.6 is 0 Å². The lowest BCUT2D eigenvalue weighted by atomic mass is 9.91. The standard InChI is InChI=1S/C29H21F6N3O/c30-28(31,32)23-12-22(13-24(15-23)29(33,34)35)25-4-3-19(14-26(25)18-5-9-36-10-6-18)27(39)38-11-7-21(17-38)20-2-1-8-37-16-20/h1-6,8-10,12-16,21H,7,11,17H2. The number of likely N-dealkylation sites (tertiary alicyclic amines) is 1. The van der Waals surface area contributed by atoms with Gasteiger partial charge in [0.1, 0.15) is 0 Å². The zero-order valence-electron chi connectivity index (χ0n) is 20.3. The summed E-state index contributed by atoms with van der Waals surface area (Å²) in [5, 5.41) is 0. The van der Waals surface area contributed by atoms with Gasteiger partial charge >= 0.3 is 12.4 Å². The van der Waals surface area contributed by atoms with Crippen molar-refractivity contribution >= 4 is 5.91 Å². The molecule has 1 saturated heterocycles. The van der Waals surface area contributed by atoms with Crippen molar-refractivity contribution in [3.8, 4) is 22.3 Å². The third kappa shape index (κ3) is 5.64. The first-order chi connectivity index (χ1) is 18.5. The highest BCUT2D eigenvalue weighted by Crippen LogP contribution is 2.41. The molecule has 1 amide bonds. The summed E-state index contributed by atoms with van der Waals surface area (Å²) in [5.74, 6) is -0.157. The number of amides is 1. The highest BCUT2D eigenvalue weighted by Gasteiger charge is 2.37. The van der Waals surface area contributed by atoms with Gasteiger partial charge in [0.2, 0.25) is 0 Å². The minimum absolute atomic E-state index is 0.0968. The molecular formula is C29H21F6N3O. The van der Waals surface area contributed by atoms with E-state index < -0.39 is 23.5 Å². The maximum absolute atomic E-state index is 13.5. The molecule has 4 aromatic rings. The van der Waals surface area contributed by atoms with Gasteiger partial charge < -0.3 is 4.90 Å². The molecule has 0 radical (unpaired) electrons. The molecule has 1 aliphatic heterocycles. The Hall–Kier alpha value is -4.21. The second kappa shape index (κ2) is 10.2. The molecule has 1 unspecified atom stereocenters. The molecule has 1 fully saturated rings. The summed E-state index contributed by atoms with van der Waals surface area (Å²) in [7, 11) is 0. The van der Waals surface area contributed by atoms with Gasteiger partial charge in [0.05, 0.1) is 11.1 Å². The Kier molecular flexibility index (Phi) is 6.88. The van der Waals surface area contributed by atoms with E-state index in [9.17, 15) is 31.1 Å². The molecule has 4 nitrogen and oxygen atoms in total. The highest BCUT2D eigenvalue weighted by atomic mass is 19.4. The van der Waals surface area contributed by atoms with E-state index >= 15 is 0 Å². The average molecular weight is 541 g/mol. The highest BCUT2D eigenvalue weighted by molar-refractivity contribution is 5.98. The normalized spacial score (nSPS) is 15.9. The van der Waals surface area contributed by atoms with Crippen molar-refractivity contribution in [2.75, 3.05) is 13.1 Å². The number of hydrogen-bond acceptors (Lipinski definition) is 3. The smallest absolute Gasteiger partial charge is 0.338 e. The predicted molar refractivity (Wildman–Crippen MR) is 133 cm³/mol. The van der Waals surface area contributed by atoms with E-state index in [1.165, 1.54) is 30.6 Å². The van der Waals surface area contributed by atoms with Gasteiger partial charge in [-0.3, -0.25) is 14.8 Å². The first-order valence-corrected chi connectivity index (χ1v) is 12.0. The Balaban J connectivity index is 1.56. The van der Waals surface area contributed by atoms with Crippen molar-refractivity contribution in [3.05, 3.63) is 108 Å². The molecule has 1 aliphatic rings. The number of benzene rings is 2. The number of nitrogens with zero attached hydrogens (tertiary/aromatic N) is 3. The summed E-state index contributed by atoms with van der Waals surface area (Å²) < 4.78 is 81.3. The summed E-state index contributed by atoms with van der Waals surface area (Å²) in [4.78, 5) is 23.2. The predicted octanol–water partition coefficient (Wildman–Crippen LogP) is 7.48. The van der Waals surface area contributed by atoms with Crippen LogP contribution in [0.4, 0.5) is 26.3 Å². The molecule has 0 spiro atoms. The van der Waals surface area contributed by atoms with Crippen LogP contribution in [-0.4, -0.2) is 33.9 Å². The first kappa shape index (κ1) is 26.4. The van der Waals surface area contributed by atoms with E-state index in [2.05, 4.69) is 9.97 Å². The zero-order valence-corrected chi connectivity index (χ0v) is 20.3. The van der Waals surface area contributed by atoms with Gasteiger partial charge in [-0.15, -0.1) is 0 Å². The fraction of sp³-hybridized carbons (Fsp3) is 0.207. The molecule has 0 N–H and O–H groups in total. The summed E-state index contributed by atoms with van der Waals surface area (Å²) in [6, 6.07) is 12.8. The number of hydrogen-bond donors (Lipinski definition) is 0. The van der Waals surface area contributed by atoms with E-state index in [1.807, 2.05) is 12.1 Å². The second-order valence-electron chi connectivity index (χ2n) is 9.31. The molecule has 200 valence electrons. The van der Waals surface area contributed by atoms with Crippen molar-refractivity contribution in [3.63, 3.8) is 0 Å².